The van der Waals surface area contributed by atoms with Gasteiger partial charge in [-0.1, -0.05) is 0 Å². The number of anilines is 1. The van der Waals surface area contributed by atoms with Gasteiger partial charge in [0.05, 0.1) is 6.42 Å². The van der Waals surface area contributed by atoms with Gasteiger partial charge in [-0.15, -0.1) is 0 Å². The molecule has 1 unspecified atom stereocenters. The third-order valence-electron chi connectivity index (χ3n) is 4.09. The second-order valence-electron chi connectivity index (χ2n) is 5.59. The summed E-state index contributed by atoms with van der Waals surface area (Å²) in [5, 5.41) is 12.3. The number of aromatic nitrogens is 2. The van der Waals surface area contributed by atoms with Gasteiger partial charge in [0.15, 0.2) is 0 Å². The number of hydrogen-bond acceptors (Lipinski definition) is 5. The summed E-state index contributed by atoms with van der Waals surface area (Å²) in [7, 11) is 0. The summed E-state index contributed by atoms with van der Waals surface area (Å²) in [5.41, 5.74) is 2.44. The van der Waals surface area contributed by atoms with Gasteiger partial charge in [-0.3, -0.25) is 4.79 Å². The Balaban J connectivity index is 1.81. The molecule has 0 amide bonds. The number of carboxylic acid groups (broad SMARTS) is 1. The van der Waals surface area contributed by atoms with E-state index >= 15 is 0 Å². The van der Waals surface area contributed by atoms with Crippen LogP contribution in [0.3, 0.4) is 0 Å². The molecule has 0 bridgehead atoms. The first-order valence-electron chi connectivity index (χ1n) is 7.24. The quantitative estimate of drug-likeness (QED) is 0.835. The second-order valence-corrected chi connectivity index (χ2v) is 5.59. The van der Waals surface area contributed by atoms with E-state index < -0.39 is 5.97 Å². The molecule has 1 aliphatic carbocycles. The van der Waals surface area contributed by atoms with Crippen LogP contribution in [0, 0.1) is 5.92 Å². The smallest absolute Gasteiger partial charge is 0.303 e. The fourth-order valence-electron chi connectivity index (χ4n) is 3.18. The molecule has 0 saturated carbocycles. The van der Waals surface area contributed by atoms with Crippen LogP contribution in [0.4, 0.5) is 5.82 Å². The molecule has 0 spiro atoms. The lowest BCUT2D eigenvalue weighted by atomic mass is 10.1. The van der Waals surface area contributed by atoms with E-state index in [1.54, 1.807) is 6.33 Å². The van der Waals surface area contributed by atoms with Crippen LogP contribution in [0.15, 0.2) is 6.33 Å². The fourth-order valence-corrected chi connectivity index (χ4v) is 3.18. The number of aryl methyl sites for hydroxylation is 1. The number of rotatable bonds is 3. The summed E-state index contributed by atoms with van der Waals surface area (Å²) in [6, 6.07) is 0. The predicted octanol–water partition coefficient (Wildman–Crippen LogP) is 0.466. The summed E-state index contributed by atoms with van der Waals surface area (Å²) in [5.74, 6) is 0.417. The van der Waals surface area contributed by atoms with E-state index in [2.05, 4.69) is 20.2 Å². The second kappa shape index (κ2) is 5.75. The third kappa shape index (κ3) is 2.75. The van der Waals surface area contributed by atoms with Crippen LogP contribution in [-0.4, -0.2) is 47.2 Å². The lowest BCUT2D eigenvalue weighted by Gasteiger charge is -2.26. The van der Waals surface area contributed by atoms with E-state index in [1.165, 1.54) is 11.3 Å². The average Bonchev–Trinajstić information content (AvgIpc) is 2.78. The van der Waals surface area contributed by atoms with Gasteiger partial charge in [0.25, 0.3) is 0 Å². The molecule has 0 aromatic carbocycles. The molecule has 0 radical (unpaired) electrons. The standard InChI is InChI=1S/C14H20N4O2/c19-13(20)6-10-7-15-4-5-18(8-10)14-11-2-1-3-12(11)16-9-17-14/h9-10,15H,1-8H2,(H,19,20). The topological polar surface area (TPSA) is 78.4 Å². The van der Waals surface area contributed by atoms with E-state index in [1.807, 2.05) is 0 Å². The number of nitrogens with zero attached hydrogens (tertiary/aromatic N) is 3. The average molecular weight is 276 g/mol. The van der Waals surface area contributed by atoms with Crippen molar-refractivity contribution in [2.45, 2.75) is 25.7 Å². The molecule has 1 aliphatic heterocycles. The number of hydrogen-bond donors (Lipinski definition) is 2. The van der Waals surface area contributed by atoms with Gasteiger partial charge in [0.2, 0.25) is 0 Å². The SMILES string of the molecule is O=C(O)CC1CNCCN(c2ncnc3c2CCC3)C1. The van der Waals surface area contributed by atoms with Crippen molar-refractivity contribution < 1.29 is 9.90 Å². The monoisotopic (exact) mass is 276 g/mol. The predicted molar refractivity (Wildman–Crippen MR) is 74.9 cm³/mol. The normalized spacial score (nSPS) is 22.4. The molecule has 3 rings (SSSR count). The molecule has 1 fully saturated rings. The van der Waals surface area contributed by atoms with Gasteiger partial charge in [0, 0.05) is 37.4 Å². The third-order valence-corrected chi connectivity index (χ3v) is 4.09. The van der Waals surface area contributed by atoms with Crippen LogP contribution in [-0.2, 0) is 17.6 Å². The Kier molecular flexibility index (Phi) is 3.82. The van der Waals surface area contributed by atoms with E-state index in [4.69, 9.17) is 5.11 Å². The van der Waals surface area contributed by atoms with Crippen LogP contribution < -0.4 is 10.2 Å². The zero-order valence-electron chi connectivity index (χ0n) is 11.5. The molecule has 2 heterocycles. The fraction of sp³-hybridized carbons (Fsp3) is 0.643. The summed E-state index contributed by atoms with van der Waals surface area (Å²) < 4.78 is 0. The number of fused-ring (bicyclic) bond motifs is 1. The summed E-state index contributed by atoms with van der Waals surface area (Å²) in [6.07, 6.45) is 5.07. The zero-order valence-corrected chi connectivity index (χ0v) is 11.5. The maximum atomic E-state index is 10.9. The Morgan fingerprint density at radius 3 is 3.20 bits per heavy atom. The van der Waals surface area contributed by atoms with Gasteiger partial charge in [-0.2, -0.15) is 0 Å². The van der Waals surface area contributed by atoms with Crippen LogP contribution in [0.5, 0.6) is 0 Å². The molecule has 2 aliphatic rings. The minimum Gasteiger partial charge on any atom is -0.481 e. The lowest BCUT2D eigenvalue weighted by molar-refractivity contribution is -0.137. The van der Waals surface area contributed by atoms with Crippen LogP contribution in [0.1, 0.15) is 24.1 Å². The Labute approximate surface area is 118 Å². The minimum absolute atomic E-state index is 0.127. The molecule has 1 aromatic heterocycles. The van der Waals surface area contributed by atoms with Gasteiger partial charge in [-0.25, -0.2) is 9.97 Å². The number of carbonyl (C=O) groups is 1. The Bertz CT molecular complexity index is 506. The lowest BCUT2D eigenvalue weighted by Crippen LogP contribution is -2.32. The number of nitrogens with one attached hydrogen (secondary N) is 1. The highest BCUT2D eigenvalue weighted by molar-refractivity contribution is 5.67. The minimum atomic E-state index is -0.730. The summed E-state index contributed by atoms with van der Waals surface area (Å²) >= 11 is 0. The zero-order chi connectivity index (χ0) is 13.9. The first kappa shape index (κ1) is 13.3. The van der Waals surface area contributed by atoms with Crippen molar-refractivity contribution in [3.05, 3.63) is 17.6 Å². The molecule has 108 valence electrons. The molecule has 20 heavy (non-hydrogen) atoms. The van der Waals surface area contributed by atoms with Crippen LogP contribution in [0.2, 0.25) is 0 Å². The Morgan fingerprint density at radius 1 is 1.45 bits per heavy atom. The van der Waals surface area contributed by atoms with Crippen molar-refractivity contribution in [1.29, 1.82) is 0 Å². The molecule has 1 atom stereocenters. The summed E-state index contributed by atoms with van der Waals surface area (Å²) in [4.78, 5) is 22.0. The molecular weight excluding hydrogens is 256 g/mol. The van der Waals surface area contributed by atoms with Crippen molar-refractivity contribution >= 4 is 11.8 Å². The van der Waals surface area contributed by atoms with Gasteiger partial charge >= 0.3 is 5.97 Å². The van der Waals surface area contributed by atoms with Crippen molar-refractivity contribution in [3.63, 3.8) is 0 Å². The molecule has 1 aromatic rings. The highest BCUT2D eigenvalue weighted by atomic mass is 16.4. The van der Waals surface area contributed by atoms with Crippen molar-refractivity contribution in [1.82, 2.24) is 15.3 Å². The maximum Gasteiger partial charge on any atom is 0.303 e. The van der Waals surface area contributed by atoms with Crippen molar-refractivity contribution in [2.75, 3.05) is 31.1 Å². The van der Waals surface area contributed by atoms with E-state index in [0.29, 0.717) is 0 Å². The number of carboxylic acids is 1. The molecule has 6 heteroatoms. The van der Waals surface area contributed by atoms with E-state index in [-0.39, 0.29) is 12.3 Å². The first-order valence-corrected chi connectivity index (χ1v) is 7.24. The summed E-state index contributed by atoms with van der Waals surface area (Å²) in [6.45, 7) is 3.26. The molecule has 2 N–H and O–H groups in total. The Morgan fingerprint density at radius 2 is 2.35 bits per heavy atom. The maximum absolute atomic E-state index is 10.9. The highest BCUT2D eigenvalue weighted by Gasteiger charge is 2.25. The van der Waals surface area contributed by atoms with Gasteiger partial charge in [-0.05, 0) is 25.2 Å². The van der Waals surface area contributed by atoms with E-state index in [9.17, 15) is 4.79 Å². The van der Waals surface area contributed by atoms with Crippen LogP contribution in [0.25, 0.3) is 0 Å². The van der Waals surface area contributed by atoms with Crippen molar-refractivity contribution in [2.24, 2.45) is 5.92 Å². The Hall–Kier alpha value is -1.69. The molecular formula is C14H20N4O2. The molecule has 1 saturated heterocycles. The van der Waals surface area contributed by atoms with Crippen LogP contribution >= 0.6 is 0 Å². The molecule has 6 nitrogen and oxygen atoms in total. The number of aliphatic carboxylic acids is 1. The van der Waals surface area contributed by atoms with Gasteiger partial charge in [0.1, 0.15) is 12.1 Å². The van der Waals surface area contributed by atoms with Gasteiger partial charge < -0.3 is 15.3 Å². The van der Waals surface area contributed by atoms with E-state index in [0.717, 1.165) is 51.3 Å². The van der Waals surface area contributed by atoms with Crippen molar-refractivity contribution in [3.8, 4) is 0 Å². The first-order chi connectivity index (χ1) is 9.74. The highest BCUT2D eigenvalue weighted by Crippen LogP contribution is 2.28. The largest absolute Gasteiger partial charge is 0.481 e.